The predicted molar refractivity (Wildman–Crippen MR) is 65.6 cm³/mol. The van der Waals surface area contributed by atoms with Gasteiger partial charge in [-0.25, -0.2) is 0 Å². The fraction of sp³-hybridized carbons (Fsp3) is 0. The molecule has 0 fully saturated rings. The molecule has 0 spiro atoms. The molecule has 4 heteroatoms. The van der Waals surface area contributed by atoms with E-state index in [0.717, 1.165) is 20.2 Å². The number of hydrogen-bond acceptors (Lipinski definition) is 3. The highest BCUT2D eigenvalue weighted by Crippen LogP contribution is 2.34. The van der Waals surface area contributed by atoms with Crippen LogP contribution in [0, 0.1) is 0 Å². The van der Waals surface area contributed by atoms with Crippen LogP contribution in [0.1, 0.15) is 10.4 Å². The molecule has 2 heterocycles. The minimum absolute atomic E-state index is 0.426. The van der Waals surface area contributed by atoms with Crippen LogP contribution in [0.25, 0.3) is 20.2 Å². The second kappa shape index (κ2) is 3.28. The Hall–Kier alpha value is -1.94. The molecule has 0 radical (unpaired) electrons. The summed E-state index contributed by atoms with van der Waals surface area (Å²) in [6, 6.07) is 8.02. The van der Waals surface area contributed by atoms with Crippen molar-refractivity contribution in [1.82, 2.24) is 4.98 Å². The lowest BCUT2D eigenvalue weighted by Crippen LogP contribution is -2.11. The van der Waals surface area contributed by atoms with Crippen LogP contribution in [0.15, 0.2) is 36.7 Å². The van der Waals surface area contributed by atoms with Crippen LogP contribution in [0.5, 0.6) is 0 Å². The van der Waals surface area contributed by atoms with E-state index in [4.69, 9.17) is 5.73 Å². The fourth-order valence-electron chi connectivity index (χ4n) is 1.81. The average Bonchev–Trinajstić information content (AvgIpc) is 2.67. The molecule has 0 aliphatic rings. The monoisotopic (exact) mass is 228 g/mol. The zero-order valence-electron chi connectivity index (χ0n) is 8.31. The van der Waals surface area contributed by atoms with Crippen molar-refractivity contribution in [2.24, 2.45) is 5.73 Å². The molecule has 0 aliphatic carbocycles. The van der Waals surface area contributed by atoms with E-state index in [1.807, 2.05) is 24.3 Å². The van der Waals surface area contributed by atoms with Crippen molar-refractivity contribution in [3.8, 4) is 0 Å². The number of hydrogen-bond donors (Lipinski definition) is 1. The second-order valence-electron chi connectivity index (χ2n) is 3.53. The van der Waals surface area contributed by atoms with Gasteiger partial charge in [0.1, 0.15) is 0 Å². The normalized spacial score (nSPS) is 11.0. The van der Waals surface area contributed by atoms with Crippen LogP contribution in [0.3, 0.4) is 0 Å². The van der Waals surface area contributed by atoms with Crippen LogP contribution >= 0.6 is 11.3 Å². The maximum absolute atomic E-state index is 11.3. The van der Waals surface area contributed by atoms with Crippen molar-refractivity contribution in [1.29, 1.82) is 0 Å². The molecule has 78 valence electrons. The van der Waals surface area contributed by atoms with Gasteiger partial charge in [-0.1, -0.05) is 18.2 Å². The number of aromatic nitrogens is 1. The van der Waals surface area contributed by atoms with Crippen LogP contribution < -0.4 is 5.73 Å². The summed E-state index contributed by atoms with van der Waals surface area (Å²) >= 11 is 1.58. The highest BCUT2D eigenvalue weighted by Gasteiger charge is 2.11. The van der Waals surface area contributed by atoms with Crippen LogP contribution in [-0.4, -0.2) is 10.9 Å². The van der Waals surface area contributed by atoms with Gasteiger partial charge in [-0.15, -0.1) is 11.3 Å². The summed E-state index contributed by atoms with van der Waals surface area (Å²) in [6.07, 6.45) is 3.31. The molecule has 3 rings (SSSR count). The van der Waals surface area contributed by atoms with Crippen molar-refractivity contribution >= 4 is 37.4 Å². The van der Waals surface area contributed by atoms with Crippen molar-refractivity contribution < 1.29 is 4.79 Å². The van der Waals surface area contributed by atoms with E-state index in [2.05, 4.69) is 4.98 Å². The lowest BCUT2D eigenvalue weighted by Gasteiger charge is -1.95. The van der Waals surface area contributed by atoms with Gasteiger partial charge >= 0.3 is 0 Å². The molecule has 2 N–H and O–H groups in total. The lowest BCUT2D eigenvalue weighted by molar-refractivity contribution is 0.100. The Morgan fingerprint density at radius 3 is 2.81 bits per heavy atom. The molecule has 0 bridgehead atoms. The first-order valence-corrected chi connectivity index (χ1v) is 5.64. The number of benzene rings is 1. The van der Waals surface area contributed by atoms with Crippen molar-refractivity contribution in [2.45, 2.75) is 0 Å². The van der Waals surface area contributed by atoms with Crippen molar-refractivity contribution in [3.05, 3.63) is 42.2 Å². The van der Waals surface area contributed by atoms with Gasteiger partial charge in [0, 0.05) is 27.9 Å². The van der Waals surface area contributed by atoms with Crippen molar-refractivity contribution in [3.63, 3.8) is 0 Å². The molecule has 0 unspecified atom stereocenters. The summed E-state index contributed by atoms with van der Waals surface area (Å²) in [7, 11) is 0. The van der Waals surface area contributed by atoms with Gasteiger partial charge in [-0.3, -0.25) is 9.78 Å². The van der Waals surface area contributed by atoms with E-state index in [9.17, 15) is 4.79 Å². The Labute approximate surface area is 95.5 Å². The molecule has 0 saturated carbocycles. The number of primary amides is 1. The van der Waals surface area contributed by atoms with Crippen LogP contribution in [0.2, 0.25) is 0 Å². The number of amides is 1. The Bertz CT molecular complexity index is 702. The lowest BCUT2D eigenvalue weighted by atomic mass is 10.1. The summed E-state index contributed by atoms with van der Waals surface area (Å²) in [5, 5.41) is 2.12. The van der Waals surface area contributed by atoms with Gasteiger partial charge in [0.25, 0.3) is 5.91 Å². The molecule has 0 aliphatic heterocycles. The molecule has 2 aromatic heterocycles. The summed E-state index contributed by atoms with van der Waals surface area (Å²) in [5.74, 6) is -0.426. The summed E-state index contributed by atoms with van der Waals surface area (Å²) in [5.41, 5.74) is 5.83. The van der Waals surface area contributed by atoms with E-state index < -0.39 is 5.91 Å². The number of carbonyl (C=O) groups excluding carboxylic acids is 1. The van der Waals surface area contributed by atoms with Crippen molar-refractivity contribution in [2.75, 3.05) is 0 Å². The third-order valence-corrected chi connectivity index (χ3v) is 3.77. The number of rotatable bonds is 1. The van der Waals surface area contributed by atoms with E-state index in [-0.39, 0.29) is 0 Å². The van der Waals surface area contributed by atoms with Gasteiger partial charge in [0.05, 0.1) is 10.3 Å². The second-order valence-corrected chi connectivity index (χ2v) is 4.58. The molecular formula is C12H8N2OS. The molecule has 0 saturated heterocycles. The third kappa shape index (κ3) is 1.20. The summed E-state index contributed by atoms with van der Waals surface area (Å²) in [4.78, 5) is 15.3. The van der Waals surface area contributed by atoms with E-state index in [0.29, 0.717) is 5.56 Å². The number of fused-ring (bicyclic) bond motifs is 3. The Morgan fingerprint density at radius 1 is 1.19 bits per heavy atom. The first kappa shape index (κ1) is 9.30. The number of thiophene rings is 1. The first-order chi connectivity index (χ1) is 7.77. The number of nitrogens with zero attached hydrogens (tertiary/aromatic N) is 1. The molecular weight excluding hydrogens is 220 g/mol. The van der Waals surface area contributed by atoms with E-state index in [1.165, 1.54) is 6.20 Å². The third-order valence-electron chi connectivity index (χ3n) is 2.55. The smallest absolute Gasteiger partial charge is 0.251 e. The highest BCUT2D eigenvalue weighted by atomic mass is 32.1. The van der Waals surface area contributed by atoms with Crippen LogP contribution in [0.4, 0.5) is 0 Å². The Kier molecular flexibility index (Phi) is 1.91. The molecule has 3 aromatic rings. The average molecular weight is 228 g/mol. The van der Waals surface area contributed by atoms with Gasteiger partial charge < -0.3 is 5.73 Å². The SMILES string of the molecule is NC(=O)c1cncc2c1sc1ccccc12. The fourth-order valence-corrected chi connectivity index (χ4v) is 3.00. The van der Waals surface area contributed by atoms with Gasteiger partial charge in [0.2, 0.25) is 0 Å². The topological polar surface area (TPSA) is 56.0 Å². The standard InChI is InChI=1S/C12H8N2OS/c13-12(15)9-6-14-5-8-7-3-1-2-4-10(7)16-11(8)9/h1-6H,(H2,13,15). The molecule has 3 nitrogen and oxygen atoms in total. The minimum atomic E-state index is -0.426. The predicted octanol–water partition coefficient (Wildman–Crippen LogP) is 2.55. The van der Waals surface area contributed by atoms with E-state index >= 15 is 0 Å². The van der Waals surface area contributed by atoms with E-state index in [1.54, 1.807) is 17.5 Å². The number of pyridine rings is 1. The zero-order valence-corrected chi connectivity index (χ0v) is 9.12. The Morgan fingerprint density at radius 2 is 2.00 bits per heavy atom. The Balaban J connectivity index is 2.54. The molecule has 16 heavy (non-hydrogen) atoms. The van der Waals surface area contributed by atoms with Crippen LogP contribution in [-0.2, 0) is 0 Å². The summed E-state index contributed by atoms with van der Waals surface area (Å²) in [6.45, 7) is 0. The van der Waals surface area contributed by atoms with Gasteiger partial charge in [-0.2, -0.15) is 0 Å². The maximum atomic E-state index is 11.3. The zero-order chi connectivity index (χ0) is 11.1. The maximum Gasteiger partial charge on any atom is 0.251 e. The van der Waals surface area contributed by atoms with Gasteiger partial charge in [0.15, 0.2) is 0 Å². The minimum Gasteiger partial charge on any atom is -0.366 e. The summed E-state index contributed by atoms with van der Waals surface area (Å²) < 4.78 is 2.07. The number of carbonyl (C=O) groups is 1. The molecule has 0 atom stereocenters. The molecule has 1 aromatic carbocycles. The highest BCUT2D eigenvalue weighted by molar-refractivity contribution is 7.26. The molecule has 1 amide bonds. The number of nitrogens with two attached hydrogens (primary N) is 1. The first-order valence-electron chi connectivity index (χ1n) is 4.82. The van der Waals surface area contributed by atoms with Gasteiger partial charge in [-0.05, 0) is 6.07 Å². The largest absolute Gasteiger partial charge is 0.366 e. The quantitative estimate of drug-likeness (QED) is 0.695.